The third kappa shape index (κ3) is 2.03. The Morgan fingerprint density at radius 1 is 1.11 bits per heavy atom. The maximum atomic E-state index is 10.7. The lowest BCUT2D eigenvalue weighted by Gasteiger charge is -1.93. The zero-order chi connectivity index (χ0) is 13.3. The summed E-state index contributed by atoms with van der Waals surface area (Å²) in [5.74, 6) is 0.137. The number of aromatic amines is 1. The fraction of sp³-hybridized carbons (Fsp3) is 0.100. The zero-order valence-electron chi connectivity index (χ0n) is 9.28. The van der Waals surface area contributed by atoms with Crippen molar-refractivity contribution in [3.8, 4) is 11.4 Å². The molecule has 18 heavy (non-hydrogen) atoms. The molecule has 0 aliphatic rings. The molecule has 1 heterocycles. The smallest absolute Gasteiger partial charge is 0.343 e. The van der Waals surface area contributed by atoms with E-state index in [-0.39, 0.29) is 17.2 Å². The molecular weight excluding hydrogens is 240 g/mol. The molecule has 0 aliphatic carbocycles. The van der Waals surface area contributed by atoms with E-state index in [1.807, 2.05) is 0 Å². The molecule has 1 N–H and O–H groups in total. The van der Waals surface area contributed by atoms with Crippen molar-refractivity contribution < 1.29 is 9.85 Å². The number of nitro groups is 2. The minimum atomic E-state index is -0.558. The maximum Gasteiger partial charge on any atom is 0.343 e. The highest BCUT2D eigenvalue weighted by molar-refractivity contribution is 5.59. The van der Waals surface area contributed by atoms with Crippen LogP contribution >= 0.6 is 0 Å². The third-order valence-corrected chi connectivity index (χ3v) is 2.39. The van der Waals surface area contributed by atoms with Gasteiger partial charge >= 0.3 is 5.82 Å². The highest BCUT2D eigenvalue weighted by Gasteiger charge is 2.17. The number of benzene rings is 1. The number of aryl methyl sites for hydroxylation is 1. The Labute approximate surface area is 101 Å². The van der Waals surface area contributed by atoms with E-state index in [0.717, 1.165) is 0 Å². The summed E-state index contributed by atoms with van der Waals surface area (Å²) in [6, 6.07) is 5.61. The minimum Gasteiger partial charge on any atom is -0.358 e. The number of hydrogen-bond donors (Lipinski definition) is 1. The summed E-state index contributed by atoms with van der Waals surface area (Å²) in [5.41, 5.74) is 0.779. The molecule has 0 amide bonds. The molecule has 0 radical (unpaired) electrons. The van der Waals surface area contributed by atoms with Crippen LogP contribution in [0.5, 0.6) is 0 Å². The van der Waals surface area contributed by atoms with Crippen molar-refractivity contribution in [2.24, 2.45) is 0 Å². The van der Waals surface area contributed by atoms with Crippen molar-refractivity contribution in [2.75, 3.05) is 0 Å². The van der Waals surface area contributed by atoms with Crippen molar-refractivity contribution >= 4 is 11.5 Å². The fourth-order valence-electron chi connectivity index (χ4n) is 1.51. The molecule has 1 aromatic heterocycles. The van der Waals surface area contributed by atoms with Crippen molar-refractivity contribution in [3.63, 3.8) is 0 Å². The summed E-state index contributed by atoms with van der Waals surface area (Å²) in [5, 5.41) is 21.1. The SMILES string of the molecule is Cc1nc(-c2ccc([N+](=O)[O-])cc2)[nH]c1[N+](=O)[O-]. The molecular formula is C10H8N4O4. The topological polar surface area (TPSA) is 115 Å². The summed E-state index contributed by atoms with van der Waals surface area (Å²) in [6.45, 7) is 1.52. The summed E-state index contributed by atoms with van der Waals surface area (Å²) in [4.78, 5) is 26.6. The Morgan fingerprint density at radius 3 is 2.17 bits per heavy atom. The lowest BCUT2D eigenvalue weighted by atomic mass is 10.2. The first kappa shape index (κ1) is 11.7. The van der Waals surface area contributed by atoms with E-state index >= 15 is 0 Å². The van der Waals surface area contributed by atoms with Gasteiger partial charge < -0.3 is 10.1 Å². The van der Waals surface area contributed by atoms with Gasteiger partial charge in [-0.05, 0) is 24.0 Å². The summed E-state index contributed by atoms with van der Waals surface area (Å²) in [7, 11) is 0. The quantitative estimate of drug-likeness (QED) is 0.660. The number of non-ortho nitro benzene ring substituents is 1. The van der Waals surface area contributed by atoms with Gasteiger partial charge in [-0.3, -0.25) is 10.1 Å². The van der Waals surface area contributed by atoms with Crippen LogP contribution < -0.4 is 0 Å². The molecule has 2 rings (SSSR count). The van der Waals surface area contributed by atoms with Crippen LogP contribution in [-0.4, -0.2) is 19.8 Å². The fourth-order valence-corrected chi connectivity index (χ4v) is 1.51. The van der Waals surface area contributed by atoms with Gasteiger partial charge in [0, 0.05) is 17.7 Å². The Hall–Kier alpha value is -2.77. The molecule has 0 bridgehead atoms. The van der Waals surface area contributed by atoms with Gasteiger partial charge in [0.15, 0.2) is 0 Å². The highest BCUT2D eigenvalue weighted by Crippen LogP contribution is 2.23. The maximum absolute atomic E-state index is 10.7. The van der Waals surface area contributed by atoms with E-state index in [0.29, 0.717) is 11.4 Å². The molecule has 92 valence electrons. The van der Waals surface area contributed by atoms with E-state index in [2.05, 4.69) is 9.97 Å². The molecule has 8 heteroatoms. The Morgan fingerprint density at radius 2 is 1.72 bits per heavy atom. The lowest BCUT2D eigenvalue weighted by molar-refractivity contribution is -0.389. The molecule has 0 unspecified atom stereocenters. The molecule has 0 atom stereocenters. The van der Waals surface area contributed by atoms with Crippen molar-refractivity contribution in [3.05, 3.63) is 50.2 Å². The van der Waals surface area contributed by atoms with E-state index in [4.69, 9.17) is 0 Å². The van der Waals surface area contributed by atoms with Crippen molar-refractivity contribution in [1.29, 1.82) is 0 Å². The van der Waals surface area contributed by atoms with Gasteiger partial charge in [0.1, 0.15) is 5.69 Å². The predicted octanol–water partition coefficient (Wildman–Crippen LogP) is 2.20. The Balaban J connectivity index is 2.40. The average molecular weight is 248 g/mol. The van der Waals surface area contributed by atoms with Crippen LogP contribution in [0.3, 0.4) is 0 Å². The second kappa shape index (κ2) is 4.24. The molecule has 8 nitrogen and oxygen atoms in total. The molecule has 0 fully saturated rings. The highest BCUT2D eigenvalue weighted by atomic mass is 16.6. The minimum absolute atomic E-state index is 0.0449. The van der Waals surface area contributed by atoms with Crippen LogP contribution in [-0.2, 0) is 0 Å². The lowest BCUT2D eigenvalue weighted by Crippen LogP contribution is -1.90. The van der Waals surface area contributed by atoms with Crippen LogP contribution in [0.15, 0.2) is 24.3 Å². The summed E-state index contributed by atoms with van der Waals surface area (Å²) < 4.78 is 0. The predicted molar refractivity (Wildman–Crippen MR) is 62.1 cm³/mol. The third-order valence-electron chi connectivity index (χ3n) is 2.39. The van der Waals surface area contributed by atoms with Crippen molar-refractivity contribution in [2.45, 2.75) is 6.92 Å². The molecule has 1 aromatic carbocycles. The van der Waals surface area contributed by atoms with Gasteiger partial charge in [-0.25, -0.2) is 9.97 Å². The molecule has 0 saturated heterocycles. The Bertz CT molecular complexity index is 617. The zero-order valence-corrected chi connectivity index (χ0v) is 9.28. The van der Waals surface area contributed by atoms with E-state index in [1.165, 1.54) is 31.2 Å². The molecule has 0 saturated carbocycles. The second-order valence-electron chi connectivity index (χ2n) is 3.58. The van der Waals surface area contributed by atoms with Crippen LogP contribution in [0.1, 0.15) is 5.69 Å². The average Bonchev–Trinajstić information content (AvgIpc) is 2.71. The number of H-pyrrole nitrogens is 1. The first-order chi connectivity index (χ1) is 8.49. The van der Waals surface area contributed by atoms with Gasteiger partial charge in [-0.1, -0.05) is 0 Å². The van der Waals surface area contributed by atoms with Crippen LogP contribution in [0.4, 0.5) is 11.5 Å². The first-order valence-electron chi connectivity index (χ1n) is 4.95. The van der Waals surface area contributed by atoms with Crippen molar-refractivity contribution in [1.82, 2.24) is 9.97 Å². The number of nitrogens with zero attached hydrogens (tertiary/aromatic N) is 3. The van der Waals surface area contributed by atoms with Gasteiger partial charge in [0.05, 0.1) is 4.92 Å². The first-order valence-corrected chi connectivity index (χ1v) is 4.95. The summed E-state index contributed by atoms with van der Waals surface area (Å²) >= 11 is 0. The van der Waals surface area contributed by atoms with Gasteiger partial charge in [-0.15, -0.1) is 0 Å². The van der Waals surface area contributed by atoms with Gasteiger partial charge in [-0.2, -0.15) is 0 Å². The van der Waals surface area contributed by atoms with E-state index in [9.17, 15) is 20.2 Å². The monoisotopic (exact) mass is 248 g/mol. The van der Waals surface area contributed by atoms with Crippen LogP contribution in [0.25, 0.3) is 11.4 Å². The second-order valence-corrected chi connectivity index (χ2v) is 3.58. The summed E-state index contributed by atoms with van der Waals surface area (Å²) in [6.07, 6.45) is 0. The van der Waals surface area contributed by atoms with Crippen LogP contribution in [0, 0.1) is 27.2 Å². The van der Waals surface area contributed by atoms with Crippen LogP contribution in [0.2, 0.25) is 0 Å². The number of nitrogens with one attached hydrogen (secondary N) is 1. The molecule has 0 aliphatic heterocycles. The van der Waals surface area contributed by atoms with Gasteiger partial charge in [0.2, 0.25) is 5.82 Å². The number of imidazole rings is 1. The standard InChI is InChI=1S/C10H8N4O4/c1-6-10(14(17)18)12-9(11-6)7-2-4-8(5-3-7)13(15)16/h2-5H,1H3,(H,11,12). The number of aromatic nitrogens is 2. The number of rotatable bonds is 3. The van der Waals surface area contributed by atoms with E-state index in [1.54, 1.807) is 0 Å². The number of nitro benzene ring substituents is 1. The Kier molecular flexibility index (Phi) is 2.76. The van der Waals surface area contributed by atoms with E-state index < -0.39 is 9.85 Å². The molecule has 0 spiro atoms. The largest absolute Gasteiger partial charge is 0.358 e. The number of hydrogen-bond acceptors (Lipinski definition) is 5. The normalized spacial score (nSPS) is 10.3. The molecule has 2 aromatic rings. The van der Waals surface area contributed by atoms with Gasteiger partial charge in [0.25, 0.3) is 5.69 Å².